The molecule has 0 saturated heterocycles. The van der Waals surface area contributed by atoms with Gasteiger partial charge >= 0.3 is 0 Å². The van der Waals surface area contributed by atoms with Gasteiger partial charge in [-0.3, -0.25) is 0 Å². The maximum atomic E-state index is 3.75. The molecule has 6 aromatic rings. The Bertz CT molecular complexity index is 1670. The van der Waals surface area contributed by atoms with Crippen molar-refractivity contribution in [1.82, 2.24) is 4.57 Å². The van der Waals surface area contributed by atoms with Crippen LogP contribution in [0, 0.1) is 0 Å². The summed E-state index contributed by atoms with van der Waals surface area (Å²) in [7, 11) is 0. The van der Waals surface area contributed by atoms with Gasteiger partial charge in [-0.15, -0.1) is 0 Å². The van der Waals surface area contributed by atoms with E-state index in [0.29, 0.717) is 0 Å². The molecule has 2 heteroatoms. The van der Waals surface area contributed by atoms with Gasteiger partial charge in [0.15, 0.2) is 0 Å². The van der Waals surface area contributed by atoms with Gasteiger partial charge in [0.2, 0.25) is 0 Å². The molecule has 0 fully saturated rings. The Balaban J connectivity index is 1.49. The SMILES string of the molecule is CC(C)(C)c1ccc(Nc2ccc3c(c2)c2ccccc2n3-c2ccccc2)c(-c2ccccc2)c1. The number of hydrogen-bond acceptors (Lipinski definition) is 1. The fourth-order valence-electron chi connectivity index (χ4n) is 5.04. The Morgan fingerprint density at radius 2 is 1.25 bits per heavy atom. The zero-order valence-corrected chi connectivity index (χ0v) is 21.0. The Morgan fingerprint density at radius 3 is 2.00 bits per heavy atom. The van der Waals surface area contributed by atoms with Crippen LogP contribution in [0.15, 0.2) is 121 Å². The monoisotopic (exact) mass is 466 g/mol. The lowest BCUT2D eigenvalue weighted by atomic mass is 9.85. The molecule has 0 unspecified atom stereocenters. The molecule has 0 aliphatic carbocycles. The largest absolute Gasteiger partial charge is 0.355 e. The van der Waals surface area contributed by atoms with Crippen LogP contribution < -0.4 is 5.32 Å². The Hall–Kier alpha value is -4.30. The van der Waals surface area contributed by atoms with Gasteiger partial charge in [0, 0.05) is 33.4 Å². The summed E-state index contributed by atoms with van der Waals surface area (Å²) < 4.78 is 2.35. The fourth-order valence-corrected chi connectivity index (χ4v) is 5.04. The summed E-state index contributed by atoms with van der Waals surface area (Å²) in [6.07, 6.45) is 0. The number of nitrogens with zero attached hydrogens (tertiary/aromatic N) is 1. The number of nitrogens with one attached hydrogen (secondary N) is 1. The smallest absolute Gasteiger partial charge is 0.0542 e. The molecule has 36 heavy (non-hydrogen) atoms. The highest BCUT2D eigenvalue weighted by Crippen LogP contribution is 2.37. The normalized spacial score (nSPS) is 11.8. The van der Waals surface area contributed by atoms with Gasteiger partial charge in [0.05, 0.1) is 11.0 Å². The molecule has 2 nitrogen and oxygen atoms in total. The van der Waals surface area contributed by atoms with Crippen molar-refractivity contribution >= 4 is 33.2 Å². The van der Waals surface area contributed by atoms with E-state index in [1.165, 1.54) is 44.2 Å². The molecule has 1 N–H and O–H groups in total. The molecular formula is C34H30N2. The molecule has 1 heterocycles. The second-order valence-corrected chi connectivity index (χ2v) is 10.4. The van der Waals surface area contributed by atoms with E-state index < -0.39 is 0 Å². The van der Waals surface area contributed by atoms with E-state index in [-0.39, 0.29) is 5.41 Å². The second-order valence-electron chi connectivity index (χ2n) is 10.4. The van der Waals surface area contributed by atoms with Crippen molar-refractivity contribution in [3.63, 3.8) is 0 Å². The number of hydrogen-bond donors (Lipinski definition) is 1. The summed E-state index contributed by atoms with van der Waals surface area (Å²) >= 11 is 0. The summed E-state index contributed by atoms with van der Waals surface area (Å²) in [6.45, 7) is 6.79. The van der Waals surface area contributed by atoms with Crippen molar-refractivity contribution in [3.8, 4) is 16.8 Å². The van der Waals surface area contributed by atoms with Gasteiger partial charge < -0.3 is 9.88 Å². The molecule has 5 aromatic carbocycles. The van der Waals surface area contributed by atoms with E-state index in [9.17, 15) is 0 Å². The van der Waals surface area contributed by atoms with Gasteiger partial charge in [-0.2, -0.15) is 0 Å². The fraction of sp³-hybridized carbons (Fsp3) is 0.118. The first-order valence-electron chi connectivity index (χ1n) is 12.5. The van der Waals surface area contributed by atoms with E-state index in [1.54, 1.807) is 0 Å². The van der Waals surface area contributed by atoms with Crippen LogP contribution in [0.3, 0.4) is 0 Å². The highest BCUT2D eigenvalue weighted by Gasteiger charge is 2.17. The molecule has 176 valence electrons. The third-order valence-electron chi connectivity index (χ3n) is 6.94. The van der Waals surface area contributed by atoms with Crippen LogP contribution in [0.2, 0.25) is 0 Å². The molecule has 6 rings (SSSR count). The zero-order chi connectivity index (χ0) is 24.7. The van der Waals surface area contributed by atoms with E-state index in [1.807, 2.05) is 0 Å². The van der Waals surface area contributed by atoms with E-state index >= 15 is 0 Å². The maximum absolute atomic E-state index is 3.75. The van der Waals surface area contributed by atoms with Crippen molar-refractivity contribution in [1.29, 1.82) is 0 Å². The minimum absolute atomic E-state index is 0.0836. The Labute approximate surface area is 212 Å². The van der Waals surface area contributed by atoms with Crippen LogP contribution in [0.4, 0.5) is 11.4 Å². The lowest BCUT2D eigenvalue weighted by Gasteiger charge is -2.22. The molecule has 1 aromatic heterocycles. The Kier molecular flexibility index (Phi) is 5.38. The summed E-state index contributed by atoms with van der Waals surface area (Å²) in [5, 5.41) is 6.24. The van der Waals surface area contributed by atoms with Crippen molar-refractivity contribution in [2.24, 2.45) is 0 Å². The molecule has 0 amide bonds. The van der Waals surface area contributed by atoms with E-state index in [4.69, 9.17) is 0 Å². The average Bonchev–Trinajstić information content (AvgIpc) is 3.23. The number of anilines is 2. The third-order valence-corrected chi connectivity index (χ3v) is 6.94. The second kappa shape index (κ2) is 8.73. The van der Waals surface area contributed by atoms with Crippen LogP contribution in [0.1, 0.15) is 26.3 Å². The lowest BCUT2D eigenvalue weighted by molar-refractivity contribution is 0.590. The predicted octanol–water partition coefficient (Wildman–Crippen LogP) is 9.49. The van der Waals surface area contributed by atoms with Crippen LogP contribution in [-0.2, 0) is 5.41 Å². The van der Waals surface area contributed by atoms with Crippen molar-refractivity contribution < 1.29 is 0 Å². The van der Waals surface area contributed by atoms with Crippen molar-refractivity contribution in [2.75, 3.05) is 5.32 Å². The third kappa shape index (κ3) is 3.95. The van der Waals surface area contributed by atoms with Crippen LogP contribution in [-0.4, -0.2) is 4.57 Å². The van der Waals surface area contributed by atoms with Crippen molar-refractivity contribution in [2.45, 2.75) is 26.2 Å². The number of fused-ring (bicyclic) bond motifs is 3. The van der Waals surface area contributed by atoms with Gasteiger partial charge in [-0.25, -0.2) is 0 Å². The van der Waals surface area contributed by atoms with E-state index in [0.717, 1.165) is 11.4 Å². The lowest BCUT2D eigenvalue weighted by Crippen LogP contribution is -2.11. The number of benzene rings is 5. The molecule has 0 radical (unpaired) electrons. The van der Waals surface area contributed by atoms with E-state index in [2.05, 4.69) is 152 Å². The summed E-state index contributed by atoms with van der Waals surface area (Å²) in [6, 6.07) is 43.4. The number of rotatable bonds is 4. The minimum Gasteiger partial charge on any atom is -0.355 e. The molecule has 0 atom stereocenters. The first-order valence-corrected chi connectivity index (χ1v) is 12.5. The van der Waals surface area contributed by atoms with Crippen LogP contribution in [0.25, 0.3) is 38.6 Å². The molecular weight excluding hydrogens is 436 g/mol. The van der Waals surface area contributed by atoms with Crippen molar-refractivity contribution in [3.05, 3.63) is 127 Å². The van der Waals surface area contributed by atoms with Crippen LogP contribution in [0.5, 0.6) is 0 Å². The minimum atomic E-state index is 0.0836. The summed E-state index contributed by atoms with van der Waals surface area (Å²) in [4.78, 5) is 0. The van der Waals surface area contributed by atoms with Gasteiger partial charge in [-0.05, 0) is 65.1 Å². The quantitative estimate of drug-likeness (QED) is 0.274. The molecule has 0 saturated carbocycles. The summed E-state index contributed by atoms with van der Waals surface area (Å²) in [5.41, 5.74) is 9.64. The first kappa shape index (κ1) is 22.2. The highest BCUT2D eigenvalue weighted by molar-refractivity contribution is 6.10. The zero-order valence-electron chi connectivity index (χ0n) is 21.0. The number of para-hydroxylation sites is 2. The first-order chi connectivity index (χ1) is 17.5. The molecule has 0 aliphatic rings. The van der Waals surface area contributed by atoms with Gasteiger partial charge in [0.1, 0.15) is 0 Å². The van der Waals surface area contributed by atoms with Gasteiger partial charge in [-0.1, -0.05) is 93.6 Å². The maximum Gasteiger partial charge on any atom is 0.0542 e. The molecule has 0 aliphatic heterocycles. The standard InChI is InChI=1S/C34H30N2/c1-34(2,3)25-18-20-31(29(22-25)24-12-6-4-7-13-24)35-26-19-21-33-30(23-26)28-16-10-11-17-32(28)36(33)27-14-8-5-9-15-27/h4-23,35H,1-3H3. The summed E-state index contributed by atoms with van der Waals surface area (Å²) in [5.74, 6) is 0. The number of aromatic nitrogens is 1. The van der Waals surface area contributed by atoms with Gasteiger partial charge in [0.25, 0.3) is 0 Å². The average molecular weight is 467 g/mol. The topological polar surface area (TPSA) is 17.0 Å². The highest BCUT2D eigenvalue weighted by atomic mass is 15.0. The molecule has 0 bridgehead atoms. The molecule has 0 spiro atoms. The van der Waals surface area contributed by atoms with Crippen LogP contribution >= 0.6 is 0 Å². The predicted molar refractivity (Wildman–Crippen MR) is 155 cm³/mol. The Morgan fingerprint density at radius 1 is 0.583 bits per heavy atom.